The summed E-state index contributed by atoms with van der Waals surface area (Å²) in [6.07, 6.45) is 9.84. The summed E-state index contributed by atoms with van der Waals surface area (Å²) < 4.78 is 11.1. The van der Waals surface area contributed by atoms with Gasteiger partial charge >= 0.3 is 11.9 Å². The van der Waals surface area contributed by atoms with Crippen LogP contribution in [0.25, 0.3) is 0 Å². The predicted molar refractivity (Wildman–Crippen MR) is 93.1 cm³/mol. The fourth-order valence-corrected chi connectivity index (χ4v) is 4.63. The lowest BCUT2D eigenvalue weighted by molar-refractivity contribution is -0.155. The van der Waals surface area contributed by atoms with Gasteiger partial charge in [-0.15, -0.1) is 8.58 Å². The van der Waals surface area contributed by atoms with E-state index in [2.05, 4.69) is 0 Å². The molecule has 0 aromatic heterocycles. The van der Waals surface area contributed by atoms with E-state index in [-0.39, 0.29) is 23.5 Å². The van der Waals surface area contributed by atoms with Crippen LogP contribution in [0.4, 0.5) is 0 Å². The number of carbonyl (C=O) groups is 2. The zero-order valence-corrected chi connectivity index (χ0v) is 15.8. The number of esters is 2. The molecule has 4 nitrogen and oxygen atoms in total. The second-order valence-electron chi connectivity index (χ2n) is 7.61. The van der Waals surface area contributed by atoms with Crippen molar-refractivity contribution in [3.63, 3.8) is 0 Å². The number of rotatable bonds is 9. The lowest BCUT2D eigenvalue weighted by Gasteiger charge is -2.25. The fourth-order valence-electron chi connectivity index (χ4n) is 3.12. The molecule has 1 unspecified atom stereocenters. The Balaban J connectivity index is 1.67. The van der Waals surface area contributed by atoms with E-state index in [0.29, 0.717) is 15.0 Å². The lowest BCUT2D eigenvalue weighted by atomic mass is 10.0. The first-order valence-corrected chi connectivity index (χ1v) is 10.4. The van der Waals surface area contributed by atoms with Crippen LogP contribution in [0.5, 0.6) is 0 Å². The zero-order chi connectivity index (χ0) is 16.9. The first kappa shape index (κ1) is 18.7. The molecular formula is C18H31O4P. The second kappa shape index (κ2) is 7.96. The van der Waals surface area contributed by atoms with E-state index >= 15 is 0 Å². The van der Waals surface area contributed by atoms with Crippen LogP contribution < -0.4 is 0 Å². The van der Waals surface area contributed by atoms with Crippen LogP contribution in [0.3, 0.4) is 0 Å². The standard InChI is InChI=1S/C18H31O4P/c1-4-15(19)22-17(2,3)13-23-12-11-18(9-10-18)16(20)21-14-7-5-6-8-14/h14,23H,4-13H2,1-3H3. The molecule has 0 amide bonds. The van der Waals surface area contributed by atoms with E-state index in [1.54, 1.807) is 0 Å². The molecule has 0 aromatic rings. The molecule has 0 aromatic carbocycles. The maximum absolute atomic E-state index is 12.4. The van der Waals surface area contributed by atoms with Gasteiger partial charge in [-0.1, -0.05) is 6.92 Å². The highest BCUT2D eigenvalue weighted by atomic mass is 31.1. The third-order valence-electron chi connectivity index (χ3n) is 4.87. The molecule has 2 aliphatic carbocycles. The Morgan fingerprint density at radius 1 is 1.22 bits per heavy atom. The van der Waals surface area contributed by atoms with Crippen molar-refractivity contribution in [3.8, 4) is 0 Å². The van der Waals surface area contributed by atoms with Gasteiger partial charge in [-0.3, -0.25) is 9.59 Å². The van der Waals surface area contributed by atoms with Crippen molar-refractivity contribution in [2.45, 2.75) is 83.8 Å². The van der Waals surface area contributed by atoms with E-state index in [1.165, 1.54) is 12.8 Å². The molecule has 0 saturated heterocycles. The van der Waals surface area contributed by atoms with Crippen LogP contribution in [0.15, 0.2) is 0 Å². The molecule has 2 fully saturated rings. The van der Waals surface area contributed by atoms with Gasteiger partial charge in [0, 0.05) is 12.6 Å². The molecule has 2 rings (SSSR count). The summed E-state index contributed by atoms with van der Waals surface area (Å²) in [7, 11) is 0.715. The topological polar surface area (TPSA) is 52.6 Å². The van der Waals surface area contributed by atoms with Crippen LogP contribution in [0.1, 0.15) is 72.1 Å². The summed E-state index contributed by atoms with van der Waals surface area (Å²) in [5.74, 6) is -0.0931. The SMILES string of the molecule is CCC(=O)OC(C)(C)CPCCC1(C(=O)OC2CCCC2)CC1. The van der Waals surface area contributed by atoms with Crippen molar-refractivity contribution < 1.29 is 19.1 Å². The first-order valence-electron chi connectivity index (χ1n) is 9.00. The summed E-state index contributed by atoms with van der Waals surface area (Å²) in [4.78, 5) is 23.8. The van der Waals surface area contributed by atoms with E-state index in [0.717, 1.165) is 44.4 Å². The van der Waals surface area contributed by atoms with Crippen molar-refractivity contribution in [1.82, 2.24) is 0 Å². The second-order valence-corrected chi connectivity index (χ2v) is 8.96. The van der Waals surface area contributed by atoms with Gasteiger partial charge < -0.3 is 9.47 Å². The van der Waals surface area contributed by atoms with E-state index in [4.69, 9.17) is 9.47 Å². The van der Waals surface area contributed by atoms with Crippen molar-refractivity contribution >= 4 is 20.5 Å². The van der Waals surface area contributed by atoms with Crippen molar-refractivity contribution in [2.24, 2.45) is 5.41 Å². The van der Waals surface area contributed by atoms with Crippen molar-refractivity contribution in [2.75, 3.05) is 12.3 Å². The first-order chi connectivity index (χ1) is 10.9. The Kier molecular flexibility index (Phi) is 6.48. The molecule has 0 spiro atoms. The molecule has 5 heteroatoms. The molecule has 2 aliphatic rings. The van der Waals surface area contributed by atoms with Crippen molar-refractivity contribution in [1.29, 1.82) is 0 Å². The van der Waals surface area contributed by atoms with Crippen molar-refractivity contribution in [3.05, 3.63) is 0 Å². The Labute approximate surface area is 141 Å². The molecule has 132 valence electrons. The van der Waals surface area contributed by atoms with Gasteiger partial charge in [-0.05, 0) is 65.0 Å². The molecular weight excluding hydrogens is 311 g/mol. The van der Waals surface area contributed by atoms with Crippen LogP contribution in [-0.2, 0) is 19.1 Å². The molecule has 0 radical (unpaired) electrons. The number of carbonyl (C=O) groups excluding carboxylic acids is 2. The van der Waals surface area contributed by atoms with Crippen LogP contribution in [0, 0.1) is 5.41 Å². The quantitative estimate of drug-likeness (QED) is 0.360. The summed E-state index contributed by atoms with van der Waals surface area (Å²) >= 11 is 0. The maximum Gasteiger partial charge on any atom is 0.312 e. The molecule has 23 heavy (non-hydrogen) atoms. The Morgan fingerprint density at radius 3 is 2.43 bits per heavy atom. The fraction of sp³-hybridized carbons (Fsp3) is 0.889. The van der Waals surface area contributed by atoms with Gasteiger partial charge in [-0.25, -0.2) is 0 Å². The lowest BCUT2D eigenvalue weighted by Crippen LogP contribution is -2.30. The number of hydrogen-bond acceptors (Lipinski definition) is 4. The highest BCUT2D eigenvalue weighted by Gasteiger charge is 2.51. The predicted octanol–water partition coefficient (Wildman–Crippen LogP) is 4.05. The monoisotopic (exact) mass is 342 g/mol. The summed E-state index contributed by atoms with van der Waals surface area (Å²) in [6.45, 7) is 5.75. The Morgan fingerprint density at radius 2 is 1.87 bits per heavy atom. The summed E-state index contributed by atoms with van der Waals surface area (Å²) in [5, 5.41) is 0. The molecule has 0 N–H and O–H groups in total. The highest BCUT2D eigenvalue weighted by Crippen LogP contribution is 2.51. The van der Waals surface area contributed by atoms with E-state index < -0.39 is 5.60 Å². The Bertz CT molecular complexity index is 423. The van der Waals surface area contributed by atoms with Gasteiger partial charge in [-0.2, -0.15) is 0 Å². The molecule has 0 bridgehead atoms. The normalized spacial score (nSPS) is 20.8. The minimum atomic E-state index is -0.396. The molecule has 2 saturated carbocycles. The van der Waals surface area contributed by atoms with Gasteiger partial charge in [0.25, 0.3) is 0 Å². The van der Waals surface area contributed by atoms with Gasteiger partial charge in [0.15, 0.2) is 0 Å². The van der Waals surface area contributed by atoms with Crippen LogP contribution in [0.2, 0.25) is 0 Å². The van der Waals surface area contributed by atoms with Gasteiger partial charge in [0.2, 0.25) is 0 Å². The minimum Gasteiger partial charge on any atom is -0.462 e. The van der Waals surface area contributed by atoms with Crippen LogP contribution >= 0.6 is 8.58 Å². The summed E-state index contributed by atoms with van der Waals surface area (Å²) in [5.41, 5.74) is -0.577. The van der Waals surface area contributed by atoms with Gasteiger partial charge in [0.1, 0.15) is 11.7 Å². The average molecular weight is 342 g/mol. The van der Waals surface area contributed by atoms with E-state index in [1.807, 2.05) is 20.8 Å². The molecule has 0 aliphatic heterocycles. The molecule has 1 atom stereocenters. The van der Waals surface area contributed by atoms with Gasteiger partial charge in [0.05, 0.1) is 5.41 Å². The number of ether oxygens (including phenoxy) is 2. The third kappa shape index (κ3) is 5.74. The Hall–Kier alpha value is -0.630. The zero-order valence-electron chi connectivity index (χ0n) is 14.8. The average Bonchev–Trinajstić information content (AvgIpc) is 3.12. The minimum absolute atomic E-state index is 0.0471. The van der Waals surface area contributed by atoms with E-state index in [9.17, 15) is 9.59 Å². The summed E-state index contributed by atoms with van der Waals surface area (Å²) in [6, 6.07) is 0. The third-order valence-corrected chi connectivity index (χ3v) is 6.58. The smallest absolute Gasteiger partial charge is 0.312 e. The largest absolute Gasteiger partial charge is 0.462 e. The highest BCUT2D eigenvalue weighted by molar-refractivity contribution is 7.38. The number of hydrogen-bond donors (Lipinski definition) is 0. The van der Waals surface area contributed by atoms with Crippen LogP contribution in [-0.4, -0.2) is 36.0 Å². The maximum atomic E-state index is 12.4. The molecule has 0 heterocycles.